The lowest BCUT2D eigenvalue weighted by atomic mass is 9.80. The van der Waals surface area contributed by atoms with Crippen LogP contribution in [0.2, 0.25) is 0 Å². The fraction of sp³-hybridized carbons (Fsp3) is 0.357. The van der Waals surface area contributed by atoms with Crippen molar-refractivity contribution in [1.29, 1.82) is 0 Å². The first kappa shape index (κ1) is 23.1. The molecule has 2 aliphatic rings. The first-order valence-electron chi connectivity index (χ1n) is 12.6. The number of nitrogens with two attached hydrogens (primary N) is 2. The van der Waals surface area contributed by atoms with Crippen molar-refractivity contribution in [2.75, 3.05) is 38.6 Å². The number of fused-ring (bicyclic) bond motifs is 1. The van der Waals surface area contributed by atoms with Crippen molar-refractivity contribution in [3.8, 4) is 22.5 Å². The van der Waals surface area contributed by atoms with Crippen LogP contribution in [-0.2, 0) is 4.74 Å². The zero-order chi connectivity index (χ0) is 24.6. The summed E-state index contributed by atoms with van der Waals surface area (Å²) in [7, 11) is 0. The third-order valence-corrected chi connectivity index (χ3v) is 7.49. The number of morpholine rings is 1. The van der Waals surface area contributed by atoms with Crippen LogP contribution in [-0.4, -0.2) is 57.6 Å². The predicted molar refractivity (Wildman–Crippen MR) is 141 cm³/mol. The van der Waals surface area contributed by atoms with Gasteiger partial charge in [-0.15, -0.1) is 0 Å². The van der Waals surface area contributed by atoms with E-state index in [-0.39, 0.29) is 6.04 Å². The van der Waals surface area contributed by atoms with Crippen LogP contribution in [0, 0.1) is 5.92 Å². The number of anilines is 1. The fourth-order valence-corrected chi connectivity index (χ4v) is 5.48. The van der Waals surface area contributed by atoms with Crippen LogP contribution in [0.3, 0.4) is 0 Å². The van der Waals surface area contributed by atoms with E-state index in [1.165, 1.54) is 0 Å². The number of rotatable bonds is 6. The van der Waals surface area contributed by atoms with E-state index in [4.69, 9.17) is 26.3 Å². The average molecular weight is 485 g/mol. The summed E-state index contributed by atoms with van der Waals surface area (Å²) < 4.78 is 7.33. The van der Waals surface area contributed by atoms with Gasteiger partial charge in [0.15, 0.2) is 0 Å². The van der Waals surface area contributed by atoms with Crippen molar-refractivity contribution in [3.05, 3.63) is 66.2 Å². The summed E-state index contributed by atoms with van der Waals surface area (Å²) in [6, 6.07) is 20.4. The first-order chi connectivity index (χ1) is 17.6. The summed E-state index contributed by atoms with van der Waals surface area (Å²) in [5.74, 6) is 1.06. The number of nitrogen functional groups attached to an aromatic ring is 1. The molecule has 5 N–H and O–H groups in total. The Labute approximate surface area is 210 Å². The molecule has 4 aromatic rings. The van der Waals surface area contributed by atoms with Gasteiger partial charge in [-0.2, -0.15) is 5.10 Å². The van der Waals surface area contributed by atoms with E-state index in [0.717, 1.165) is 73.4 Å². The molecule has 2 aromatic carbocycles. The molecule has 36 heavy (non-hydrogen) atoms. The molecule has 0 radical (unpaired) electrons. The molecule has 3 heterocycles. The molecular formula is C28H32N6O2. The summed E-state index contributed by atoms with van der Waals surface area (Å²) in [6.45, 7) is 4.72. The van der Waals surface area contributed by atoms with Crippen molar-refractivity contribution in [2.45, 2.75) is 25.1 Å². The molecule has 1 saturated heterocycles. The molecule has 2 fully saturated rings. The highest BCUT2D eigenvalue weighted by molar-refractivity contribution is 5.86. The largest absolute Gasteiger partial charge is 0.384 e. The third kappa shape index (κ3) is 4.37. The summed E-state index contributed by atoms with van der Waals surface area (Å²) >= 11 is 0. The number of aromatic nitrogens is 3. The lowest BCUT2D eigenvalue weighted by Gasteiger charge is -2.39. The molecule has 2 aromatic heterocycles. The van der Waals surface area contributed by atoms with E-state index < -0.39 is 6.23 Å². The second kappa shape index (κ2) is 9.63. The Kier molecular flexibility index (Phi) is 6.18. The minimum absolute atomic E-state index is 0.213. The second-order valence-electron chi connectivity index (χ2n) is 9.91. The van der Waals surface area contributed by atoms with Gasteiger partial charge in [0.25, 0.3) is 0 Å². The first-order valence-corrected chi connectivity index (χ1v) is 12.6. The number of aliphatic hydroxyl groups is 1. The van der Waals surface area contributed by atoms with Gasteiger partial charge < -0.3 is 21.3 Å². The van der Waals surface area contributed by atoms with Crippen LogP contribution in [0.4, 0.5) is 5.82 Å². The number of nitrogens with zero attached hydrogens (tertiary/aromatic N) is 4. The minimum Gasteiger partial charge on any atom is -0.384 e. The average Bonchev–Trinajstić information content (AvgIpc) is 3.23. The topological polar surface area (TPSA) is 115 Å². The number of benzene rings is 2. The number of aliphatic hydroxyl groups excluding tert-OH is 1. The molecular weight excluding hydrogens is 452 g/mol. The summed E-state index contributed by atoms with van der Waals surface area (Å²) in [6.07, 6.45) is 0.822. The van der Waals surface area contributed by atoms with E-state index >= 15 is 0 Å². The van der Waals surface area contributed by atoms with Gasteiger partial charge in [-0.3, -0.25) is 4.90 Å². The van der Waals surface area contributed by atoms with Gasteiger partial charge in [-0.25, -0.2) is 9.67 Å². The SMILES string of the molecule is Nc1c(C(N)O)c(-c2ccc3ccc(-c4ccccc4)nc3c2)nn1[C@H]1C[C@H](CN2CCOCC2)C1. The van der Waals surface area contributed by atoms with E-state index in [2.05, 4.69) is 11.0 Å². The number of pyridine rings is 1. The van der Waals surface area contributed by atoms with Crippen molar-refractivity contribution in [2.24, 2.45) is 11.7 Å². The maximum absolute atomic E-state index is 10.4. The van der Waals surface area contributed by atoms with Gasteiger partial charge in [-0.1, -0.05) is 48.5 Å². The van der Waals surface area contributed by atoms with Gasteiger partial charge in [-0.05, 0) is 30.9 Å². The number of ether oxygens (including phenoxy) is 1. The van der Waals surface area contributed by atoms with Crippen LogP contribution in [0.1, 0.15) is 30.7 Å². The predicted octanol–water partition coefficient (Wildman–Crippen LogP) is 3.58. The van der Waals surface area contributed by atoms with Gasteiger partial charge in [0.05, 0.1) is 36.0 Å². The monoisotopic (exact) mass is 484 g/mol. The Morgan fingerprint density at radius 3 is 2.50 bits per heavy atom. The molecule has 8 heteroatoms. The van der Waals surface area contributed by atoms with Crippen LogP contribution >= 0.6 is 0 Å². The summed E-state index contributed by atoms with van der Waals surface area (Å²) in [4.78, 5) is 7.37. The van der Waals surface area contributed by atoms with Crippen molar-refractivity contribution >= 4 is 16.7 Å². The van der Waals surface area contributed by atoms with E-state index in [9.17, 15) is 5.11 Å². The molecule has 186 valence electrons. The molecule has 1 atom stereocenters. The van der Waals surface area contributed by atoms with E-state index in [0.29, 0.717) is 23.0 Å². The lowest BCUT2D eigenvalue weighted by Crippen LogP contribution is -2.43. The smallest absolute Gasteiger partial charge is 0.134 e. The highest BCUT2D eigenvalue weighted by atomic mass is 16.5. The molecule has 8 nitrogen and oxygen atoms in total. The van der Waals surface area contributed by atoms with Gasteiger partial charge >= 0.3 is 0 Å². The maximum Gasteiger partial charge on any atom is 0.134 e. The van der Waals surface area contributed by atoms with Crippen LogP contribution in [0.5, 0.6) is 0 Å². The number of hydrogen-bond acceptors (Lipinski definition) is 7. The molecule has 1 aliphatic carbocycles. The Hall–Kier alpha value is -3.30. The summed E-state index contributed by atoms with van der Waals surface area (Å²) in [5, 5.41) is 16.3. The third-order valence-electron chi connectivity index (χ3n) is 7.49. The van der Waals surface area contributed by atoms with Gasteiger partial charge in [0.2, 0.25) is 0 Å². The van der Waals surface area contributed by atoms with Gasteiger partial charge in [0.1, 0.15) is 17.7 Å². The molecule has 6 rings (SSSR count). The highest BCUT2D eigenvalue weighted by Gasteiger charge is 2.35. The molecule has 0 bridgehead atoms. The van der Waals surface area contributed by atoms with Gasteiger partial charge in [0, 0.05) is 36.1 Å². The standard InChI is InChI=1S/C28H32N6O2/c29-27-25(28(30)35)26(32-34(27)22-14-18(15-22)17-33-10-12-36-13-11-33)21-7-6-20-8-9-23(31-24(20)16-21)19-4-2-1-3-5-19/h1-9,16,18,22,28,35H,10-15,17,29-30H2/t18-,22-,28?. The van der Waals surface area contributed by atoms with E-state index in [1.807, 2.05) is 59.3 Å². The minimum atomic E-state index is -1.21. The Balaban J connectivity index is 1.28. The highest BCUT2D eigenvalue weighted by Crippen LogP contribution is 2.42. The second-order valence-corrected chi connectivity index (χ2v) is 9.91. The van der Waals surface area contributed by atoms with Crippen molar-refractivity contribution in [3.63, 3.8) is 0 Å². The van der Waals surface area contributed by atoms with Crippen molar-refractivity contribution in [1.82, 2.24) is 19.7 Å². The fourth-order valence-electron chi connectivity index (χ4n) is 5.48. The van der Waals surface area contributed by atoms with Crippen molar-refractivity contribution < 1.29 is 9.84 Å². The quantitative estimate of drug-likeness (QED) is 0.358. The maximum atomic E-state index is 10.4. The Morgan fingerprint density at radius 1 is 1.00 bits per heavy atom. The molecule has 1 aliphatic heterocycles. The lowest BCUT2D eigenvalue weighted by molar-refractivity contribution is 0.0172. The Morgan fingerprint density at radius 2 is 1.75 bits per heavy atom. The number of hydrogen-bond donors (Lipinski definition) is 3. The van der Waals surface area contributed by atoms with Crippen LogP contribution in [0.15, 0.2) is 60.7 Å². The molecule has 0 spiro atoms. The molecule has 1 unspecified atom stereocenters. The Bertz CT molecular complexity index is 1360. The van der Waals surface area contributed by atoms with Crippen LogP contribution < -0.4 is 11.5 Å². The van der Waals surface area contributed by atoms with Crippen LogP contribution in [0.25, 0.3) is 33.4 Å². The zero-order valence-corrected chi connectivity index (χ0v) is 20.3. The zero-order valence-electron chi connectivity index (χ0n) is 20.3. The van der Waals surface area contributed by atoms with E-state index in [1.54, 1.807) is 0 Å². The normalized spacial score (nSPS) is 21.4. The molecule has 0 amide bonds. The summed E-state index contributed by atoms with van der Waals surface area (Å²) in [5.41, 5.74) is 17.3. The molecule has 1 saturated carbocycles.